The number of nitrogens with zero attached hydrogens (tertiary/aromatic N) is 4. The Hall–Kier alpha value is -3.49. The van der Waals surface area contributed by atoms with Crippen LogP contribution in [0.15, 0.2) is 65.6 Å². The number of phenolic OH excluding ortho intramolecular Hbond substituents is 1. The molecule has 0 bridgehead atoms. The van der Waals surface area contributed by atoms with Gasteiger partial charge in [0.2, 0.25) is 0 Å². The zero-order valence-corrected chi connectivity index (χ0v) is 18.0. The molecule has 2 aliphatic heterocycles. The van der Waals surface area contributed by atoms with Crippen molar-refractivity contribution in [3.63, 3.8) is 0 Å². The number of aliphatic hydroxyl groups excluding tert-OH is 2. The zero-order chi connectivity index (χ0) is 23.0. The second kappa shape index (κ2) is 8.46. The summed E-state index contributed by atoms with van der Waals surface area (Å²) in [6, 6.07) is 11.7. The van der Waals surface area contributed by atoms with Gasteiger partial charge in [-0.3, -0.25) is 4.99 Å². The highest BCUT2D eigenvalue weighted by atomic mass is 19.1. The second-order valence-corrected chi connectivity index (χ2v) is 8.44. The van der Waals surface area contributed by atoms with Crippen molar-refractivity contribution in [1.82, 2.24) is 14.5 Å². The van der Waals surface area contributed by atoms with Crippen LogP contribution >= 0.6 is 0 Å². The predicted octanol–water partition coefficient (Wildman–Crippen LogP) is 2.99. The average molecular weight is 448 g/mol. The van der Waals surface area contributed by atoms with Crippen molar-refractivity contribution in [3.8, 4) is 11.4 Å². The molecule has 1 aromatic heterocycles. The molecule has 0 radical (unpaired) electrons. The van der Waals surface area contributed by atoms with Crippen molar-refractivity contribution in [2.75, 3.05) is 19.7 Å². The summed E-state index contributed by atoms with van der Waals surface area (Å²) in [6.45, 7) is 0.880. The van der Waals surface area contributed by atoms with E-state index in [2.05, 4.69) is 9.88 Å². The molecule has 8 heteroatoms. The molecule has 3 heterocycles. The van der Waals surface area contributed by atoms with Crippen molar-refractivity contribution in [3.05, 3.63) is 83.2 Å². The van der Waals surface area contributed by atoms with Crippen LogP contribution in [0.1, 0.15) is 29.7 Å². The fraction of sp³-hybridized carbons (Fsp3) is 0.280. The Bertz CT molecular complexity index is 1230. The number of halogens is 1. The summed E-state index contributed by atoms with van der Waals surface area (Å²) in [4.78, 5) is 11.0. The van der Waals surface area contributed by atoms with Gasteiger partial charge in [0.25, 0.3) is 0 Å². The van der Waals surface area contributed by atoms with Crippen molar-refractivity contribution in [1.29, 1.82) is 0 Å². The lowest BCUT2D eigenvalue weighted by atomic mass is 9.87. The van der Waals surface area contributed by atoms with E-state index in [1.165, 1.54) is 12.1 Å². The van der Waals surface area contributed by atoms with Crippen LogP contribution in [0, 0.1) is 5.82 Å². The van der Waals surface area contributed by atoms with E-state index < -0.39 is 5.54 Å². The fourth-order valence-electron chi connectivity index (χ4n) is 4.71. The Morgan fingerprint density at radius 3 is 2.64 bits per heavy atom. The van der Waals surface area contributed by atoms with Crippen LogP contribution < -0.4 is 0 Å². The Labute approximate surface area is 190 Å². The summed E-state index contributed by atoms with van der Waals surface area (Å²) < 4.78 is 15.1. The van der Waals surface area contributed by atoms with Crippen LogP contribution in [0.4, 0.5) is 4.39 Å². The van der Waals surface area contributed by atoms with Crippen LogP contribution in [0.3, 0.4) is 0 Å². The van der Waals surface area contributed by atoms with Crippen LogP contribution in [-0.2, 0) is 12.1 Å². The molecule has 2 aliphatic rings. The standard InChI is InChI=1S/C25H25FN4O3/c26-20-6-4-19(5-7-20)25(15-32)14-27-24-18(2-1-9-30(24)25)10-17-3-8-22(23(33)11-17)29-12-21(13-31)28-16-29/h3-8,10-12,16,31-33H,1-2,9,13-15H2/b18-10+. The highest BCUT2D eigenvalue weighted by Crippen LogP contribution is 2.39. The van der Waals surface area contributed by atoms with Crippen LogP contribution in [0.5, 0.6) is 5.75 Å². The van der Waals surface area contributed by atoms with E-state index in [0.717, 1.165) is 41.9 Å². The number of aliphatic hydroxyl groups is 2. The number of hydrogen-bond donors (Lipinski definition) is 3. The Balaban J connectivity index is 1.44. The van der Waals surface area contributed by atoms with E-state index in [-0.39, 0.29) is 24.8 Å². The van der Waals surface area contributed by atoms with Gasteiger partial charge in [-0.2, -0.15) is 0 Å². The Kier molecular flexibility index (Phi) is 5.47. The maximum absolute atomic E-state index is 13.5. The van der Waals surface area contributed by atoms with Gasteiger partial charge in [0.05, 0.1) is 37.5 Å². The molecule has 0 amide bonds. The number of aliphatic imine (C=N–C) groups is 1. The number of phenols is 1. The molecule has 2 aromatic carbocycles. The molecule has 1 fully saturated rings. The van der Waals surface area contributed by atoms with Gasteiger partial charge in [0.1, 0.15) is 22.9 Å². The minimum absolute atomic E-state index is 0.100. The highest BCUT2D eigenvalue weighted by molar-refractivity contribution is 6.04. The van der Waals surface area contributed by atoms with Crippen LogP contribution in [0.25, 0.3) is 11.8 Å². The second-order valence-electron chi connectivity index (χ2n) is 8.44. The molecule has 7 nitrogen and oxygen atoms in total. The molecule has 3 N–H and O–H groups in total. The Morgan fingerprint density at radius 2 is 1.94 bits per heavy atom. The molecule has 0 saturated carbocycles. The third-order valence-corrected chi connectivity index (χ3v) is 6.44. The van der Waals surface area contributed by atoms with Crippen molar-refractivity contribution >= 4 is 11.9 Å². The van der Waals surface area contributed by atoms with Crippen molar-refractivity contribution in [2.24, 2.45) is 4.99 Å². The SMILES string of the molecule is OCc1cn(-c2ccc(/C=C3\CCCN4C3=NCC4(CO)c3ccc(F)cc3)cc2O)cn1. The van der Waals surface area contributed by atoms with Crippen molar-refractivity contribution < 1.29 is 19.7 Å². The summed E-state index contributed by atoms with van der Waals surface area (Å²) in [6.07, 6.45) is 6.97. The number of aromatic nitrogens is 2. The van der Waals surface area contributed by atoms with E-state index in [4.69, 9.17) is 4.99 Å². The summed E-state index contributed by atoms with van der Waals surface area (Å²) in [5, 5.41) is 30.2. The first-order chi connectivity index (χ1) is 16.0. The van der Waals surface area contributed by atoms with Gasteiger partial charge in [-0.1, -0.05) is 18.2 Å². The van der Waals surface area contributed by atoms with Gasteiger partial charge < -0.3 is 24.8 Å². The Morgan fingerprint density at radius 1 is 1.12 bits per heavy atom. The lowest BCUT2D eigenvalue weighted by Crippen LogP contribution is -2.51. The molecule has 1 saturated heterocycles. The number of imidazole rings is 1. The molecular weight excluding hydrogens is 423 g/mol. The number of rotatable bonds is 5. The van der Waals surface area contributed by atoms with E-state index in [1.807, 2.05) is 12.1 Å². The van der Waals surface area contributed by atoms with Gasteiger partial charge in [-0.05, 0) is 59.9 Å². The molecule has 5 rings (SSSR count). The minimum Gasteiger partial charge on any atom is -0.506 e. The van der Waals surface area contributed by atoms with Gasteiger partial charge in [-0.25, -0.2) is 9.37 Å². The molecule has 0 spiro atoms. The summed E-state index contributed by atoms with van der Waals surface area (Å²) in [7, 11) is 0. The quantitative estimate of drug-likeness (QED) is 0.558. The fourth-order valence-corrected chi connectivity index (χ4v) is 4.71. The first-order valence-corrected chi connectivity index (χ1v) is 10.9. The smallest absolute Gasteiger partial charge is 0.140 e. The zero-order valence-electron chi connectivity index (χ0n) is 18.0. The first kappa shape index (κ1) is 21.4. The monoisotopic (exact) mass is 448 g/mol. The third-order valence-electron chi connectivity index (χ3n) is 6.44. The van der Waals surface area contributed by atoms with Gasteiger partial charge in [-0.15, -0.1) is 0 Å². The maximum Gasteiger partial charge on any atom is 0.140 e. The van der Waals surface area contributed by atoms with Crippen LogP contribution in [-0.4, -0.2) is 55.3 Å². The van der Waals surface area contributed by atoms with E-state index in [1.54, 1.807) is 41.4 Å². The van der Waals surface area contributed by atoms with E-state index in [9.17, 15) is 19.7 Å². The van der Waals surface area contributed by atoms with Gasteiger partial charge in [0.15, 0.2) is 0 Å². The topological polar surface area (TPSA) is 94.1 Å². The lowest BCUT2D eigenvalue weighted by molar-refractivity contribution is 0.0967. The largest absolute Gasteiger partial charge is 0.506 e. The highest BCUT2D eigenvalue weighted by Gasteiger charge is 2.45. The van der Waals surface area contributed by atoms with Gasteiger partial charge >= 0.3 is 0 Å². The number of amidine groups is 1. The molecule has 170 valence electrons. The number of fused-ring (bicyclic) bond motifs is 1. The predicted molar refractivity (Wildman–Crippen MR) is 123 cm³/mol. The summed E-state index contributed by atoms with van der Waals surface area (Å²) in [5.74, 6) is 0.630. The molecular formula is C25H25FN4O3. The normalized spacial score (nSPS) is 21.4. The molecule has 3 aromatic rings. The lowest BCUT2D eigenvalue weighted by Gasteiger charge is -2.42. The van der Waals surface area contributed by atoms with E-state index >= 15 is 0 Å². The van der Waals surface area contributed by atoms with Crippen LogP contribution in [0.2, 0.25) is 0 Å². The number of benzene rings is 2. The molecule has 1 unspecified atom stereocenters. The number of piperidine rings is 1. The number of aromatic hydroxyl groups is 1. The third kappa shape index (κ3) is 3.71. The maximum atomic E-state index is 13.5. The molecule has 1 atom stereocenters. The van der Waals surface area contributed by atoms with Gasteiger partial charge in [0, 0.05) is 12.7 Å². The summed E-state index contributed by atoms with van der Waals surface area (Å²) >= 11 is 0. The first-order valence-electron chi connectivity index (χ1n) is 10.9. The van der Waals surface area contributed by atoms with Crippen molar-refractivity contribution in [2.45, 2.75) is 25.0 Å². The number of hydrogen-bond acceptors (Lipinski definition) is 6. The summed E-state index contributed by atoms with van der Waals surface area (Å²) in [5.41, 5.74) is 3.12. The average Bonchev–Trinajstić information content (AvgIpc) is 3.46. The minimum atomic E-state index is -0.694. The van der Waals surface area contributed by atoms with E-state index in [0.29, 0.717) is 17.9 Å². The molecule has 0 aliphatic carbocycles. The molecule has 33 heavy (non-hydrogen) atoms.